The van der Waals surface area contributed by atoms with Gasteiger partial charge in [0.05, 0.1) is 25.6 Å². The van der Waals surface area contributed by atoms with Crippen molar-refractivity contribution in [2.75, 3.05) is 32.9 Å². The van der Waals surface area contributed by atoms with Gasteiger partial charge < -0.3 is 33.6 Å². The molecule has 0 spiro atoms. The minimum atomic E-state index is 0.243. The van der Waals surface area contributed by atoms with Crippen LogP contribution >= 0.6 is 0 Å². The summed E-state index contributed by atoms with van der Waals surface area (Å²) in [5.74, 6) is 3.64. The highest BCUT2D eigenvalue weighted by molar-refractivity contribution is 5.66. The van der Waals surface area contributed by atoms with Crippen molar-refractivity contribution in [3.05, 3.63) is 84.1 Å². The van der Waals surface area contributed by atoms with Crippen LogP contribution in [0.3, 0.4) is 0 Å². The van der Waals surface area contributed by atoms with Crippen molar-refractivity contribution < 1.29 is 23.7 Å². The molecule has 2 heterocycles. The van der Waals surface area contributed by atoms with Crippen LogP contribution in [-0.4, -0.2) is 37.2 Å². The van der Waals surface area contributed by atoms with Crippen LogP contribution in [-0.2, 0) is 24.4 Å². The van der Waals surface area contributed by atoms with Crippen LogP contribution in [0.1, 0.15) is 11.1 Å². The predicted octanol–water partition coefficient (Wildman–Crippen LogP) is 5.12. The van der Waals surface area contributed by atoms with E-state index in [0.29, 0.717) is 37.8 Å². The van der Waals surface area contributed by atoms with Gasteiger partial charge in [-0.25, -0.2) is 4.98 Å². The number of rotatable bonds is 11. The van der Waals surface area contributed by atoms with Gasteiger partial charge in [0.1, 0.15) is 6.61 Å². The van der Waals surface area contributed by atoms with E-state index in [1.807, 2.05) is 72.9 Å². The summed E-state index contributed by atoms with van der Waals surface area (Å²) in [5.41, 5.74) is 4.11. The van der Waals surface area contributed by atoms with Crippen LogP contribution in [0.2, 0.25) is 0 Å². The third kappa shape index (κ3) is 5.23. The first kappa shape index (κ1) is 23.6. The molecule has 5 rings (SSSR count). The van der Waals surface area contributed by atoms with E-state index in [1.165, 1.54) is 0 Å². The van der Waals surface area contributed by atoms with Gasteiger partial charge in [-0.2, -0.15) is 0 Å². The Bertz CT molecular complexity index is 1310. The quantitative estimate of drug-likeness (QED) is 0.315. The van der Waals surface area contributed by atoms with Crippen molar-refractivity contribution in [1.29, 1.82) is 0 Å². The number of hydrogen-bond acceptors (Lipinski definition) is 7. The highest BCUT2D eigenvalue weighted by Gasteiger charge is 2.17. The zero-order chi connectivity index (χ0) is 24.7. The summed E-state index contributed by atoms with van der Waals surface area (Å²) >= 11 is 0. The summed E-state index contributed by atoms with van der Waals surface area (Å²) in [7, 11) is 3.34. The summed E-state index contributed by atoms with van der Waals surface area (Å²) < 4.78 is 30.0. The second-order valence-corrected chi connectivity index (χ2v) is 8.29. The fourth-order valence-electron chi connectivity index (χ4n) is 4.07. The molecule has 0 saturated heterocycles. The molecule has 1 aliphatic rings. The minimum Gasteiger partial charge on any atom is -0.493 e. The van der Waals surface area contributed by atoms with Crippen molar-refractivity contribution in [2.45, 2.75) is 19.7 Å². The van der Waals surface area contributed by atoms with E-state index < -0.39 is 0 Å². The van der Waals surface area contributed by atoms with Crippen molar-refractivity contribution in [1.82, 2.24) is 9.55 Å². The Morgan fingerprint density at radius 3 is 2.61 bits per heavy atom. The molecule has 8 heteroatoms. The van der Waals surface area contributed by atoms with Crippen molar-refractivity contribution in [3.63, 3.8) is 0 Å². The molecule has 0 aliphatic carbocycles. The number of imidazole rings is 1. The Balaban J connectivity index is 1.33. The molecule has 1 N–H and O–H groups in total. The zero-order valence-electron chi connectivity index (χ0n) is 20.4. The first-order valence-corrected chi connectivity index (χ1v) is 11.8. The average Bonchev–Trinajstić information content (AvgIpc) is 3.56. The normalized spacial score (nSPS) is 11.9. The maximum atomic E-state index is 6.07. The third-order valence-corrected chi connectivity index (χ3v) is 5.96. The molecule has 1 aliphatic heterocycles. The maximum absolute atomic E-state index is 6.07. The summed E-state index contributed by atoms with van der Waals surface area (Å²) in [4.78, 5) is 4.65. The van der Waals surface area contributed by atoms with Crippen molar-refractivity contribution in [3.8, 4) is 34.3 Å². The van der Waals surface area contributed by atoms with Gasteiger partial charge in [0.15, 0.2) is 23.0 Å². The van der Waals surface area contributed by atoms with Crippen LogP contribution in [0.15, 0.2) is 72.9 Å². The molecule has 0 saturated carbocycles. The summed E-state index contributed by atoms with van der Waals surface area (Å²) in [6.45, 7) is 2.48. The maximum Gasteiger partial charge on any atom is 0.231 e. The lowest BCUT2D eigenvalue weighted by atomic mass is 10.1. The standard InChI is InChI=1S/C28H29N3O5/c1-32-13-12-31-23(22-9-11-25-27(15-22)36-19-35-25)17-30-28(31)29-16-21-8-10-24(33-2)26(14-21)34-18-20-6-4-3-5-7-20/h3-11,14-15,17H,12-13,16,18-19H2,1-2H3,(H,29,30). The molecule has 36 heavy (non-hydrogen) atoms. The van der Waals surface area contributed by atoms with Crippen LogP contribution in [0.4, 0.5) is 5.95 Å². The van der Waals surface area contributed by atoms with Gasteiger partial charge in [-0.05, 0) is 41.5 Å². The fourth-order valence-corrected chi connectivity index (χ4v) is 4.07. The van der Waals surface area contributed by atoms with E-state index in [4.69, 9.17) is 23.7 Å². The van der Waals surface area contributed by atoms with E-state index in [2.05, 4.69) is 14.9 Å². The Morgan fingerprint density at radius 2 is 1.78 bits per heavy atom. The molecule has 8 nitrogen and oxygen atoms in total. The Morgan fingerprint density at radius 1 is 0.917 bits per heavy atom. The number of fused-ring (bicyclic) bond motifs is 1. The lowest BCUT2D eigenvalue weighted by Crippen LogP contribution is -2.12. The number of ether oxygens (including phenoxy) is 5. The van der Waals surface area contributed by atoms with Gasteiger partial charge in [0.2, 0.25) is 12.7 Å². The van der Waals surface area contributed by atoms with Crippen molar-refractivity contribution >= 4 is 5.95 Å². The second kappa shape index (κ2) is 11.0. The average molecular weight is 488 g/mol. The first-order chi connectivity index (χ1) is 17.7. The highest BCUT2D eigenvalue weighted by Crippen LogP contribution is 2.36. The molecular weight excluding hydrogens is 458 g/mol. The van der Waals surface area contributed by atoms with Crippen LogP contribution in [0, 0.1) is 0 Å². The zero-order valence-corrected chi connectivity index (χ0v) is 20.4. The van der Waals surface area contributed by atoms with Gasteiger partial charge in [-0.15, -0.1) is 0 Å². The molecule has 0 fully saturated rings. The summed E-state index contributed by atoms with van der Waals surface area (Å²) in [5, 5.41) is 3.46. The smallest absolute Gasteiger partial charge is 0.231 e. The van der Waals surface area contributed by atoms with Crippen LogP contribution < -0.4 is 24.3 Å². The third-order valence-electron chi connectivity index (χ3n) is 5.96. The van der Waals surface area contributed by atoms with Gasteiger partial charge in [0, 0.05) is 25.8 Å². The number of anilines is 1. The van der Waals surface area contributed by atoms with E-state index in [-0.39, 0.29) is 6.79 Å². The molecule has 0 radical (unpaired) electrons. The monoisotopic (exact) mass is 487 g/mol. The molecule has 4 aromatic rings. The SMILES string of the molecule is COCCn1c(-c2ccc3c(c2)OCO3)cnc1NCc1ccc(OC)c(OCc2ccccc2)c1. The van der Waals surface area contributed by atoms with E-state index in [1.54, 1.807) is 14.2 Å². The Hall–Kier alpha value is -4.17. The lowest BCUT2D eigenvalue weighted by Gasteiger charge is -2.15. The number of methoxy groups -OCH3 is 2. The Labute approximate surface area is 210 Å². The molecular formula is C28H29N3O5. The highest BCUT2D eigenvalue weighted by atomic mass is 16.7. The molecule has 3 aromatic carbocycles. The van der Waals surface area contributed by atoms with Crippen molar-refractivity contribution in [2.24, 2.45) is 0 Å². The van der Waals surface area contributed by atoms with Crippen LogP contribution in [0.5, 0.6) is 23.0 Å². The summed E-state index contributed by atoms with van der Waals surface area (Å²) in [6, 6.07) is 21.9. The summed E-state index contributed by atoms with van der Waals surface area (Å²) in [6.07, 6.45) is 1.86. The van der Waals surface area contributed by atoms with Gasteiger partial charge in [-0.3, -0.25) is 0 Å². The fraction of sp³-hybridized carbons (Fsp3) is 0.250. The number of aromatic nitrogens is 2. The molecule has 186 valence electrons. The molecule has 0 atom stereocenters. The lowest BCUT2D eigenvalue weighted by molar-refractivity contribution is 0.174. The predicted molar refractivity (Wildman–Crippen MR) is 137 cm³/mol. The molecule has 0 amide bonds. The molecule has 1 aromatic heterocycles. The van der Waals surface area contributed by atoms with Gasteiger partial charge >= 0.3 is 0 Å². The van der Waals surface area contributed by atoms with E-state index in [9.17, 15) is 0 Å². The van der Waals surface area contributed by atoms with Gasteiger partial charge in [0.25, 0.3) is 0 Å². The van der Waals surface area contributed by atoms with E-state index in [0.717, 1.165) is 39.8 Å². The van der Waals surface area contributed by atoms with Crippen LogP contribution in [0.25, 0.3) is 11.3 Å². The second-order valence-electron chi connectivity index (χ2n) is 8.29. The van der Waals surface area contributed by atoms with Gasteiger partial charge in [-0.1, -0.05) is 36.4 Å². The minimum absolute atomic E-state index is 0.243. The molecule has 0 bridgehead atoms. The van der Waals surface area contributed by atoms with E-state index >= 15 is 0 Å². The first-order valence-electron chi connectivity index (χ1n) is 11.8. The topological polar surface area (TPSA) is 76.0 Å². The number of nitrogens with one attached hydrogen (secondary N) is 1. The largest absolute Gasteiger partial charge is 0.493 e. The number of nitrogens with zero attached hydrogens (tertiary/aromatic N) is 2. The molecule has 0 unspecified atom stereocenters. The number of benzene rings is 3. The number of hydrogen-bond donors (Lipinski definition) is 1. The Kier molecular flexibility index (Phi) is 7.23.